The molecular weight excluding hydrogens is 490 g/mol. The number of morpholine rings is 1. The Balaban J connectivity index is 1.48. The molecular formula is C23H37ClF2N2O5S. The zero-order chi connectivity index (χ0) is 24.5. The number of fused-ring (bicyclic) bond motifs is 1. The third-order valence-electron chi connectivity index (χ3n) is 7.97. The van der Waals surface area contributed by atoms with Gasteiger partial charge in [-0.1, -0.05) is 0 Å². The topological polar surface area (TPSA) is 84.9 Å². The van der Waals surface area contributed by atoms with Gasteiger partial charge >= 0.3 is 0 Å². The average Bonchev–Trinajstić information content (AvgIpc) is 2.79. The fourth-order valence-corrected chi connectivity index (χ4v) is 8.62. The number of hydrogen-bond donors (Lipinski definition) is 1. The van der Waals surface area contributed by atoms with Crippen LogP contribution in [0.2, 0.25) is 0 Å². The fraction of sp³-hybridized carbons (Fsp3) is 0.957. The third kappa shape index (κ3) is 5.71. The zero-order valence-corrected chi connectivity index (χ0v) is 21.3. The summed E-state index contributed by atoms with van der Waals surface area (Å²) in [7, 11) is -2.05. The van der Waals surface area contributed by atoms with Gasteiger partial charge in [0.05, 0.1) is 30.1 Å². The van der Waals surface area contributed by atoms with E-state index in [9.17, 15) is 22.0 Å². The molecule has 0 bridgehead atoms. The molecule has 34 heavy (non-hydrogen) atoms. The summed E-state index contributed by atoms with van der Waals surface area (Å²) in [4.78, 5) is 12.8. The number of carbonyl (C=O) groups is 1. The Hall–Kier alpha value is -0.550. The second kappa shape index (κ2) is 11.2. The number of hydrogen-bond acceptors (Lipinski definition) is 5. The van der Waals surface area contributed by atoms with Crippen molar-refractivity contribution in [3.05, 3.63) is 0 Å². The number of nitrogens with one attached hydrogen (secondary N) is 1. The van der Waals surface area contributed by atoms with Crippen LogP contribution in [0, 0.1) is 5.92 Å². The van der Waals surface area contributed by atoms with Crippen LogP contribution in [-0.4, -0.2) is 86.2 Å². The Kier molecular flexibility index (Phi) is 8.76. The highest BCUT2D eigenvalue weighted by atomic mass is 35.5. The van der Waals surface area contributed by atoms with Gasteiger partial charge in [0.1, 0.15) is 18.3 Å². The van der Waals surface area contributed by atoms with Crippen molar-refractivity contribution in [1.29, 1.82) is 0 Å². The van der Waals surface area contributed by atoms with Crippen molar-refractivity contribution >= 4 is 27.5 Å². The van der Waals surface area contributed by atoms with Gasteiger partial charge in [-0.05, 0) is 64.2 Å². The monoisotopic (exact) mass is 526 g/mol. The number of halogens is 3. The lowest BCUT2D eigenvalue weighted by Crippen LogP contribution is -2.63. The van der Waals surface area contributed by atoms with Gasteiger partial charge in [0.25, 0.3) is 0 Å². The maximum Gasteiger partial charge on any atom is 0.229 e. The molecule has 3 aliphatic carbocycles. The first-order valence-electron chi connectivity index (χ1n) is 12.6. The van der Waals surface area contributed by atoms with Crippen LogP contribution in [0.15, 0.2) is 0 Å². The van der Waals surface area contributed by atoms with Gasteiger partial charge in [-0.2, -0.15) is 4.31 Å². The maximum atomic E-state index is 14.3. The van der Waals surface area contributed by atoms with E-state index in [-0.39, 0.29) is 43.0 Å². The first kappa shape index (κ1) is 26.5. The highest BCUT2D eigenvalue weighted by Gasteiger charge is 2.49. The Morgan fingerprint density at radius 3 is 2.41 bits per heavy atom. The summed E-state index contributed by atoms with van der Waals surface area (Å²) in [6.07, 6.45) is 1.06. The predicted octanol–water partition coefficient (Wildman–Crippen LogP) is 3.10. The molecule has 0 aromatic heterocycles. The second-order valence-electron chi connectivity index (χ2n) is 10.3. The molecule has 6 atom stereocenters. The molecule has 1 heterocycles. The standard InChI is InChI=1S/C23H37ClF2N2O5S/c1-32-13-16-12-28(34(30,31)17-8-5-14(24)6-9-17)20-11-15(7-10-21(20)33-16)27-23(29)22-18(25)3-2-4-19(22)26/h14-22H,2-13H2,1H3,(H,27,29). The minimum atomic E-state index is -3.61. The summed E-state index contributed by atoms with van der Waals surface area (Å²) in [6, 6.07) is -0.784. The minimum Gasteiger partial charge on any atom is -0.382 e. The fourth-order valence-electron chi connectivity index (χ4n) is 6.14. The van der Waals surface area contributed by atoms with Crippen molar-refractivity contribution in [3.63, 3.8) is 0 Å². The molecule has 4 rings (SSSR count). The first-order valence-corrected chi connectivity index (χ1v) is 14.5. The Bertz CT molecular complexity index is 803. The summed E-state index contributed by atoms with van der Waals surface area (Å²) in [5.41, 5.74) is 0. The van der Waals surface area contributed by atoms with E-state index < -0.39 is 45.5 Å². The van der Waals surface area contributed by atoms with Crippen molar-refractivity contribution in [3.8, 4) is 0 Å². The lowest BCUT2D eigenvalue weighted by atomic mass is 9.83. The van der Waals surface area contributed by atoms with Gasteiger partial charge in [0, 0.05) is 25.1 Å². The van der Waals surface area contributed by atoms with Gasteiger partial charge in [-0.3, -0.25) is 4.79 Å². The average molecular weight is 527 g/mol. The van der Waals surface area contributed by atoms with Crippen LogP contribution in [0.25, 0.3) is 0 Å². The lowest BCUT2D eigenvalue weighted by molar-refractivity contribution is -0.138. The van der Waals surface area contributed by atoms with Gasteiger partial charge in [-0.25, -0.2) is 17.2 Å². The highest BCUT2D eigenvalue weighted by molar-refractivity contribution is 7.89. The molecule has 7 nitrogen and oxygen atoms in total. The Labute approximate surface area is 206 Å². The molecule has 6 unspecified atom stereocenters. The van der Waals surface area contributed by atoms with E-state index in [1.54, 1.807) is 11.4 Å². The molecule has 3 saturated carbocycles. The molecule has 0 aromatic carbocycles. The summed E-state index contributed by atoms with van der Waals surface area (Å²) in [6.45, 7) is 0.488. The van der Waals surface area contributed by atoms with Crippen LogP contribution < -0.4 is 5.32 Å². The molecule has 0 aromatic rings. The highest BCUT2D eigenvalue weighted by Crippen LogP contribution is 2.37. The summed E-state index contributed by atoms with van der Waals surface area (Å²) in [5, 5.41) is 2.36. The molecule has 0 radical (unpaired) electrons. The molecule has 11 heteroatoms. The molecule has 4 aliphatic rings. The van der Waals surface area contributed by atoms with Crippen LogP contribution in [0.1, 0.15) is 64.2 Å². The second-order valence-corrected chi connectivity index (χ2v) is 13.1. The summed E-state index contributed by atoms with van der Waals surface area (Å²) >= 11 is 6.21. The van der Waals surface area contributed by atoms with Crippen molar-refractivity contribution in [2.45, 2.75) is 111 Å². The van der Waals surface area contributed by atoms with Crippen LogP contribution >= 0.6 is 11.6 Å². The molecule has 196 valence electrons. The number of methoxy groups -OCH3 is 1. The minimum absolute atomic E-state index is 0.0119. The van der Waals surface area contributed by atoms with E-state index in [0.717, 1.165) is 0 Å². The number of alkyl halides is 3. The van der Waals surface area contributed by atoms with Gasteiger partial charge in [-0.15, -0.1) is 11.6 Å². The van der Waals surface area contributed by atoms with E-state index in [0.29, 0.717) is 58.0 Å². The first-order chi connectivity index (χ1) is 16.2. The van der Waals surface area contributed by atoms with Crippen molar-refractivity contribution in [2.75, 3.05) is 20.3 Å². The quantitative estimate of drug-likeness (QED) is 0.538. The van der Waals surface area contributed by atoms with Gasteiger partial charge in [0.2, 0.25) is 15.9 Å². The number of sulfonamides is 1. The van der Waals surface area contributed by atoms with Crippen LogP contribution in [0.3, 0.4) is 0 Å². The summed E-state index contributed by atoms with van der Waals surface area (Å²) < 4.78 is 69.0. The van der Waals surface area contributed by atoms with E-state index in [4.69, 9.17) is 21.1 Å². The van der Waals surface area contributed by atoms with E-state index >= 15 is 0 Å². The Morgan fingerprint density at radius 2 is 1.76 bits per heavy atom. The zero-order valence-electron chi connectivity index (χ0n) is 19.7. The van der Waals surface area contributed by atoms with Crippen LogP contribution in [0.5, 0.6) is 0 Å². The molecule has 1 amide bonds. The van der Waals surface area contributed by atoms with Gasteiger partial charge < -0.3 is 14.8 Å². The molecule has 4 fully saturated rings. The number of carbonyl (C=O) groups excluding carboxylic acids is 1. The lowest BCUT2D eigenvalue weighted by Gasteiger charge is -2.49. The largest absolute Gasteiger partial charge is 0.382 e. The molecule has 1 aliphatic heterocycles. The number of rotatable bonds is 6. The third-order valence-corrected chi connectivity index (χ3v) is 10.8. The van der Waals surface area contributed by atoms with Crippen molar-refractivity contribution in [2.24, 2.45) is 5.92 Å². The maximum absolute atomic E-state index is 14.3. The van der Waals surface area contributed by atoms with Crippen molar-refractivity contribution in [1.82, 2.24) is 9.62 Å². The normalized spacial score (nSPS) is 42.1. The van der Waals surface area contributed by atoms with Crippen LogP contribution in [0.4, 0.5) is 8.78 Å². The van der Waals surface area contributed by atoms with E-state index in [1.807, 2.05) is 0 Å². The number of amides is 1. The van der Waals surface area contributed by atoms with Crippen LogP contribution in [-0.2, 0) is 24.3 Å². The predicted molar refractivity (Wildman–Crippen MR) is 125 cm³/mol. The molecule has 0 spiro atoms. The smallest absolute Gasteiger partial charge is 0.229 e. The molecule has 1 N–H and O–H groups in total. The van der Waals surface area contributed by atoms with Gasteiger partial charge in [0.15, 0.2) is 0 Å². The van der Waals surface area contributed by atoms with E-state index in [1.165, 1.54) is 0 Å². The SMILES string of the molecule is COCC1CN(S(=O)(=O)C2CCC(Cl)CC2)C2CC(NC(=O)C3C(F)CCCC3F)CCC2O1. The van der Waals surface area contributed by atoms with E-state index in [2.05, 4.69) is 5.32 Å². The number of ether oxygens (including phenoxy) is 2. The summed E-state index contributed by atoms with van der Waals surface area (Å²) in [5.74, 6) is -1.89. The Morgan fingerprint density at radius 1 is 1.09 bits per heavy atom. The number of nitrogens with zero attached hydrogens (tertiary/aromatic N) is 1. The van der Waals surface area contributed by atoms with Crippen molar-refractivity contribution < 1.29 is 31.5 Å². The molecule has 1 saturated heterocycles.